The van der Waals surface area contributed by atoms with Gasteiger partial charge in [-0.2, -0.15) is 0 Å². The molecule has 1 saturated heterocycles. The molecule has 92 valence electrons. The van der Waals surface area contributed by atoms with Crippen molar-refractivity contribution in [1.29, 1.82) is 0 Å². The predicted molar refractivity (Wildman–Crippen MR) is 62.2 cm³/mol. The Morgan fingerprint density at radius 2 is 1.94 bits per heavy atom. The summed E-state index contributed by atoms with van der Waals surface area (Å²) in [5.41, 5.74) is 0. The third kappa shape index (κ3) is 3.46. The summed E-state index contributed by atoms with van der Waals surface area (Å²) in [4.78, 5) is 13.6. The Morgan fingerprint density at radius 1 is 1.25 bits per heavy atom. The van der Waals surface area contributed by atoms with Crippen LogP contribution in [0.4, 0.5) is 0 Å². The van der Waals surface area contributed by atoms with Crippen molar-refractivity contribution in [2.45, 2.75) is 25.7 Å². The first-order valence-electron chi connectivity index (χ1n) is 6.42. The lowest BCUT2D eigenvalue weighted by Gasteiger charge is -2.27. The van der Waals surface area contributed by atoms with Gasteiger partial charge < -0.3 is 15.0 Å². The summed E-state index contributed by atoms with van der Waals surface area (Å²) in [6.45, 7) is 4.52. The molecule has 0 aromatic rings. The molecular formula is C12H22N2O2. The summed E-state index contributed by atoms with van der Waals surface area (Å²) < 4.78 is 5.52. The van der Waals surface area contributed by atoms with Gasteiger partial charge in [-0.05, 0) is 18.8 Å². The number of piperazine rings is 1. The van der Waals surface area contributed by atoms with Crippen molar-refractivity contribution >= 4 is 5.91 Å². The van der Waals surface area contributed by atoms with Crippen molar-refractivity contribution in [3.05, 3.63) is 0 Å². The minimum Gasteiger partial charge on any atom is -0.371 e. The van der Waals surface area contributed by atoms with Crippen molar-refractivity contribution < 1.29 is 9.53 Å². The van der Waals surface area contributed by atoms with E-state index in [0.717, 1.165) is 32.8 Å². The molecule has 0 unspecified atom stereocenters. The number of hydrogen-bond donors (Lipinski definition) is 1. The SMILES string of the molecule is O=C(COCC1CCCC1)N1CCNCC1. The molecule has 2 rings (SSSR count). The zero-order valence-electron chi connectivity index (χ0n) is 9.91. The van der Waals surface area contributed by atoms with Crippen LogP contribution in [-0.4, -0.2) is 50.2 Å². The minimum absolute atomic E-state index is 0.152. The van der Waals surface area contributed by atoms with E-state index in [4.69, 9.17) is 4.74 Å². The smallest absolute Gasteiger partial charge is 0.248 e. The average molecular weight is 226 g/mol. The monoisotopic (exact) mass is 226 g/mol. The molecule has 0 radical (unpaired) electrons. The molecule has 1 amide bonds. The van der Waals surface area contributed by atoms with Gasteiger partial charge in [-0.3, -0.25) is 4.79 Å². The summed E-state index contributed by atoms with van der Waals surface area (Å²) in [6.07, 6.45) is 5.23. The van der Waals surface area contributed by atoms with Gasteiger partial charge in [0, 0.05) is 26.2 Å². The highest BCUT2D eigenvalue weighted by Gasteiger charge is 2.18. The highest BCUT2D eigenvalue weighted by Crippen LogP contribution is 2.24. The Bertz CT molecular complexity index is 221. The normalized spacial score (nSPS) is 22.6. The molecule has 1 saturated carbocycles. The summed E-state index contributed by atoms with van der Waals surface area (Å²) in [5.74, 6) is 0.857. The van der Waals surface area contributed by atoms with Gasteiger partial charge in [0.05, 0.1) is 6.61 Å². The maximum atomic E-state index is 11.7. The van der Waals surface area contributed by atoms with Crippen LogP contribution in [0.3, 0.4) is 0 Å². The maximum Gasteiger partial charge on any atom is 0.248 e. The Morgan fingerprint density at radius 3 is 2.62 bits per heavy atom. The van der Waals surface area contributed by atoms with E-state index in [1.54, 1.807) is 0 Å². The van der Waals surface area contributed by atoms with Gasteiger partial charge in [0.25, 0.3) is 0 Å². The number of amides is 1. The second-order valence-electron chi connectivity index (χ2n) is 4.80. The van der Waals surface area contributed by atoms with Crippen LogP contribution >= 0.6 is 0 Å². The number of ether oxygens (including phenoxy) is 1. The van der Waals surface area contributed by atoms with Crippen LogP contribution in [0.25, 0.3) is 0 Å². The van der Waals surface area contributed by atoms with E-state index in [-0.39, 0.29) is 12.5 Å². The van der Waals surface area contributed by atoms with Gasteiger partial charge in [0.1, 0.15) is 6.61 Å². The van der Waals surface area contributed by atoms with Gasteiger partial charge >= 0.3 is 0 Å². The highest BCUT2D eigenvalue weighted by molar-refractivity contribution is 5.77. The van der Waals surface area contributed by atoms with Crippen molar-refractivity contribution in [3.63, 3.8) is 0 Å². The number of nitrogens with zero attached hydrogens (tertiary/aromatic N) is 1. The molecule has 2 fully saturated rings. The molecular weight excluding hydrogens is 204 g/mol. The standard InChI is InChI=1S/C12H22N2O2/c15-12(14-7-5-13-6-8-14)10-16-9-11-3-1-2-4-11/h11,13H,1-10H2. The summed E-state index contributed by atoms with van der Waals surface area (Å²) in [7, 11) is 0. The molecule has 4 nitrogen and oxygen atoms in total. The van der Waals surface area contributed by atoms with Gasteiger partial charge in [0.15, 0.2) is 0 Å². The molecule has 4 heteroatoms. The fourth-order valence-electron chi connectivity index (χ4n) is 2.50. The lowest BCUT2D eigenvalue weighted by Crippen LogP contribution is -2.47. The van der Waals surface area contributed by atoms with Crippen LogP contribution in [0.15, 0.2) is 0 Å². The summed E-state index contributed by atoms with van der Waals surface area (Å²) >= 11 is 0. The van der Waals surface area contributed by atoms with E-state index >= 15 is 0 Å². The van der Waals surface area contributed by atoms with Crippen LogP contribution in [-0.2, 0) is 9.53 Å². The average Bonchev–Trinajstić information content (AvgIpc) is 2.83. The Hall–Kier alpha value is -0.610. The number of hydrogen-bond acceptors (Lipinski definition) is 3. The maximum absolute atomic E-state index is 11.7. The zero-order valence-corrected chi connectivity index (χ0v) is 9.91. The van der Waals surface area contributed by atoms with Crippen molar-refractivity contribution in [3.8, 4) is 0 Å². The topological polar surface area (TPSA) is 41.6 Å². The van der Waals surface area contributed by atoms with E-state index in [2.05, 4.69) is 5.32 Å². The molecule has 1 heterocycles. The molecule has 16 heavy (non-hydrogen) atoms. The Balaban J connectivity index is 1.59. The third-order valence-corrected chi connectivity index (χ3v) is 3.52. The van der Waals surface area contributed by atoms with Crippen molar-refractivity contribution in [1.82, 2.24) is 10.2 Å². The van der Waals surface area contributed by atoms with E-state index < -0.39 is 0 Å². The van der Waals surface area contributed by atoms with Crippen LogP contribution < -0.4 is 5.32 Å². The second-order valence-corrected chi connectivity index (χ2v) is 4.80. The van der Waals surface area contributed by atoms with Crippen LogP contribution in [0.5, 0.6) is 0 Å². The van der Waals surface area contributed by atoms with Crippen molar-refractivity contribution in [2.24, 2.45) is 5.92 Å². The van der Waals surface area contributed by atoms with Crippen LogP contribution in [0.2, 0.25) is 0 Å². The van der Waals surface area contributed by atoms with E-state index in [1.165, 1.54) is 25.7 Å². The first-order chi connectivity index (χ1) is 7.86. The lowest BCUT2D eigenvalue weighted by molar-refractivity contribution is -0.137. The summed E-state index contributed by atoms with van der Waals surface area (Å²) in [6, 6.07) is 0. The van der Waals surface area contributed by atoms with E-state index in [1.807, 2.05) is 4.90 Å². The molecule has 0 atom stereocenters. The Kier molecular flexibility index (Phi) is 4.60. The van der Waals surface area contributed by atoms with E-state index in [0.29, 0.717) is 5.92 Å². The second kappa shape index (κ2) is 6.21. The number of carbonyl (C=O) groups excluding carboxylic acids is 1. The van der Waals surface area contributed by atoms with Gasteiger partial charge in [-0.25, -0.2) is 0 Å². The molecule has 1 N–H and O–H groups in total. The molecule has 0 aromatic carbocycles. The van der Waals surface area contributed by atoms with E-state index in [9.17, 15) is 4.79 Å². The first-order valence-corrected chi connectivity index (χ1v) is 6.42. The zero-order chi connectivity index (χ0) is 11.2. The fourth-order valence-corrected chi connectivity index (χ4v) is 2.50. The Labute approximate surface area is 97.3 Å². The van der Waals surface area contributed by atoms with Crippen LogP contribution in [0, 0.1) is 5.92 Å². The largest absolute Gasteiger partial charge is 0.371 e. The fraction of sp³-hybridized carbons (Fsp3) is 0.917. The predicted octanol–water partition coefficient (Wildman–Crippen LogP) is 0.625. The molecule has 1 aliphatic carbocycles. The van der Waals surface area contributed by atoms with Crippen LogP contribution in [0.1, 0.15) is 25.7 Å². The molecule has 1 aliphatic heterocycles. The van der Waals surface area contributed by atoms with Gasteiger partial charge in [-0.1, -0.05) is 12.8 Å². The third-order valence-electron chi connectivity index (χ3n) is 3.52. The minimum atomic E-state index is 0.152. The van der Waals surface area contributed by atoms with Crippen molar-refractivity contribution in [2.75, 3.05) is 39.4 Å². The van der Waals surface area contributed by atoms with Gasteiger partial charge in [-0.15, -0.1) is 0 Å². The molecule has 0 bridgehead atoms. The molecule has 0 aromatic heterocycles. The number of rotatable bonds is 4. The number of carbonyl (C=O) groups is 1. The lowest BCUT2D eigenvalue weighted by atomic mass is 10.1. The molecule has 0 spiro atoms. The first kappa shape index (κ1) is 11.9. The summed E-state index contributed by atoms with van der Waals surface area (Å²) in [5, 5.41) is 3.24. The quantitative estimate of drug-likeness (QED) is 0.764. The van der Waals surface area contributed by atoms with Gasteiger partial charge in [0.2, 0.25) is 5.91 Å². The number of nitrogens with one attached hydrogen (secondary N) is 1. The molecule has 2 aliphatic rings. The highest BCUT2D eigenvalue weighted by atomic mass is 16.5.